The van der Waals surface area contributed by atoms with Crippen molar-refractivity contribution < 1.29 is 36.7 Å². The highest BCUT2D eigenvalue weighted by Crippen LogP contribution is 2.36. The molecule has 31 heavy (non-hydrogen) atoms. The average molecular weight is 446 g/mol. The smallest absolute Gasteiger partial charge is 0.360 e. The summed E-state index contributed by atoms with van der Waals surface area (Å²) in [6, 6.07) is 10.5. The Hall–Kier alpha value is -3.73. The molecule has 0 saturated carbocycles. The standard InChI is InChI=1S/C20H18N2O8S/c1-3-27-20(23)14-10-17(30-21-14)12-4-6-16(26-2)19(8-12)31(24,25)22-13-5-7-15-18(9-13)29-11-28-15/h4-10,22H,3,11H2,1-2H3. The summed E-state index contributed by atoms with van der Waals surface area (Å²) in [6.45, 7) is 1.94. The van der Waals surface area contributed by atoms with E-state index < -0.39 is 16.0 Å². The lowest BCUT2D eigenvalue weighted by molar-refractivity contribution is 0.0514. The highest BCUT2D eigenvalue weighted by Gasteiger charge is 2.24. The fraction of sp³-hybridized carbons (Fsp3) is 0.200. The molecule has 0 aliphatic carbocycles. The molecule has 1 aromatic heterocycles. The largest absolute Gasteiger partial charge is 0.495 e. The highest BCUT2D eigenvalue weighted by atomic mass is 32.2. The van der Waals surface area contributed by atoms with E-state index >= 15 is 0 Å². The van der Waals surface area contributed by atoms with Gasteiger partial charge in [-0.1, -0.05) is 5.16 Å². The van der Waals surface area contributed by atoms with Gasteiger partial charge in [-0.25, -0.2) is 13.2 Å². The van der Waals surface area contributed by atoms with Crippen molar-refractivity contribution in [2.45, 2.75) is 11.8 Å². The third-order valence-corrected chi connectivity index (χ3v) is 5.76. The van der Waals surface area contributed by atoms with Crippen LogP contribution in [0.1, 0.15) is 17.4 Å². The number of sulfonamides is 1. The van der Waals surface area contributed by atoms with Gasteiger partial charge in [0.05, 0.1) is 19.4 Å². The van der Waals surface area contributed by atoms with Crippen LogP contribution >= 0.6 is 0 Å². The number of aromatic nitrogens is 1. The molecule has 0 radical (unpaired) electrons. The van der Waals surface area contributed by atoms with Crippen LogP contribution in [0.3, 0.4) is 0 Å². The average Bonchev–Trinajstić information content (AvgIpc) is 3.42. The van der Waals surface area contributed by atoms with Crippen LogP contribution in [0.2, 0.25) is 0 Å². The van der Waals surface area contributed by atoms with E-state index in [-0.39, 0.29) is 35.5 Å². The Bertz CT molecular complexity index is 1240. The maximum atomic E-state index is 13.1. The number of benzene rings is 2. The summed E-state index contributed by atoms with van der Waals surface area (Å²) >= 11 is 0. The molecule has 0 bridgehead atoms. The van der Waals surface area contributed by atoms with Gasteiger partial charge < -0.3 is 23.5 Å². The quantitative estimate of drug-likeness (QED) is 0.545. The molecule has 2 heterocycles. The van der Waals surface area contributed by atoms with Crippen molar-refractivity contribution in [1.82, 2.24) is 5.16 Å². The number of carbonyl (C=O) groups excluding carboxylic acids is 1. The van der Waals surface area contributed by atoms with Crippen LogP contribution in [0, 0.1) is 0 Å². The molecule has 1 N–H and O–H groups in total. The fourth-order valence-electron chi connectivity index (χ4n) is 2.92. The number of ether oxygens (including phenoxy) is 4. The molecule has 4 rings (SSSR count). The summed E-state index contributed by atoms with van der Waals surface area (Å²) < 4.78 is 54.5. The first-order valence-corrected chi connectivity index (χ1v) is 10.6. The number of rotatable bonds is 7. The molecular weight excluding hydrogens is 428 g/mol. The Morgan fingerprint density at radius 1 is 1.13 bits per heavy atom. The predicted octanol–water partition coefficient (Wildman–Crippen LogP) is 3.06. The van der Waals surface area contributed by atoms with Crippen molar-refractivity contribution in [2.24, 2.45) is 0 Å². The number of carbonyl (C=O) groups is 1. The van der Waals surface area contributed by atoms with Gasteiger partial charge in [-0.3, -0.25) is 4.72 Å². The Morgan fingerprint density at radius 2 is 1.94 bits per heavy atom. The second-order valence-electron chi connectivity index (χ2n) is 6.34. The van der Waals surface area contributed by atoms with Crippen LogP contribution in [-0.2, 0) is 14.8 Å². The van der Waals surface area contributed by atoms with Crippen LogP contribution < -0.4 is 18.9 Å². The van der Waals surface area contributed by atoms with E-state index in [0.717, 1.165) is 0 Å². The minimum absolute atomic E-state index is 0.0180. The van der Waals surface area contributed by atoms with Gasteiger partial charge in [0.15, 0.2) is 23.0 Å². The van der Waals surface area contributed by atoms with Crippen LogP contribution in [0.25, 0.3) is 11.3 Å². The monoisotopic (exact) mass is 446 g/mol. The maximum Gasteiger partial charge on any atom is 0.360 e. The molecule has 0 atom stereocenters. The van der Waals surface area contributed by atoms with Gasteiger partial charge in [0.25, 0.3) is 10.0 Å². The summed E-state index contributed by atoms with van der Waals surface area (Å²) in [7, 11) is -2.68. The normalized spacial score (nSPS) is 12.5. The molecule has 0 unspecified atom stereocenters. The summed E-state index contributed by atoms with van der Waals surface area (Å²) in [5, 5.41) is 3.67. The van der Waals surface area contributed by atoms with Gasteiger partial charge >= 0.3 is 5.97 Å². The molecule has 11 heteroatoms. The molecule has 3 aromatic rings. The summed E-state index contributed by atoms with van der Waals surface area (Å²) in [5.41, 5.74) is 0.659. The molecule has 0 fully saturated rings. The zero-order chi connectivity index (χ0) is 22.0. The Morgan fingerprint density at radius 3 is 2.71 bits per heavy atom. The van der Waals surface area contributed by atoms with E-state index in [0.29, 0.717) is 22.7 Å². The molecule has 0 amide bonds. The summed E-state index contributed by atoms with van der Waals surface area (Å²) in [5.74, 6) is 0.662. The van der Waals surface area contributed by atoms with Gasteiger partial charge in [-0.2, -0.15) is 0 Å². The second-order valence-corrected chi connectivity index (χ2v) is 7.99. The molecule has 10 nitrogen and oxygen atoms in total. The van der Waals surface area contributed by atoms with Crippen molar-refractivity contribution in [3.05, 3.63) is 48.2 Å². The number of hydrogen-bond acceptors (Lipinski definition) is 9. The first kappa shape index (κ1) is 20.5. The van der Waals surface area contributed by atoms with Crippen LogP contribution in [0.15, 0.2) is 51.9 Å². The number of methoxy groups -OCH3 is 1. The van der Waals surface area contributed by atoms with Gasteiger partial charge in [-0.05, 0) is 37.3 Å². The van der Waals surface area contributed by atoms with Gasteiger partial charge in [0.2, 0.25) is 6.79 Å². The highest BCUT2D eigenvalue weighted by molar-refractivity contribution is 7.92. The summed E-state index contributed by atoms with van der Waals surface area (Å²) in [4.78, 5) is 11.7. The van der Waals surface area contributed by atoms with E-state index in [1.54, 1.807) is 25.1 Å². The molecule has 162 valence electrons. The van der Waals surface area contributed by atoms with E-state index in [1.807, 2.05) is 0 Å². The number of fused-ring (bicyclic) bond motifs is 1. The number of hydrogen-bond donors (Lipinski definition) is 1. The van der Waals surface area contributed by atoms with E-state index in [4.69, 9.17) is 23.5 Å². The third-order valence-electron chi connectivity index (χ3n) is 4.36. The minimum atomic E-state index is -4.05. The molecular formula is C20H18N2O8S. The Kier molecular flexibility index (Phi) is 5.42. The van der Waals surface area contributed by atoms with Crippen molar-refractivity contribution in [3.8, 4) is 28.6 Å². The first-order valence-electron chi connectivity index (χ1n) is 9.16. The molecule has 0 saturated heterocycles. The second kappa shape index (κ2) is 8.19. The molecule has 0 spiro atoms. The third kappa shape index (κ3) is 4.12. The van der Waals surface area contributed by atoms with Crippen molar-refractivity contribution in [2.75, 3.05) is 25.2 Å². The Labute approximate surface area is 177 Å². The zero-order valence-electron chi connectivity index (χ0n) is 16.6. The lowest BCUT2D eigenvalue weighted by Gasteiger charge is -2.13. The van der Waals surface area contributed by atoms with Crippen molar-refractivity contribution in [3.63, 3.8) is 0 Å². The summed E-state index contributed by atoms with van der Waals surface area (Å²) in [6.07, 6.45) is 0. The van der Waals surface area contributed by atoms with Gasteiger partial charge in [-0.15, -0.1) is 0 Å². The topological polar surface area (TPSA) is 126 Å². The van der Waals surface area contributed by atoms with Crippen LogP contribution in [0.4, 0.5) is 5.69 Å². The number of nitrogens with one attached hydrogen (secondary N) is 1. The molecule has 1 aliphatic heterocycles. The molecule has 1 aliphatic rings. The number of nitrogens with zero attached hydrogens (tertiary/aromatic N) is 1. The zero-order valence-corrected chi connectivity index (χ0v) is 17.4. The fourth-order valence-corrected chi connectivity index (χ4v) is 4.17. The first-order chi connectivity index (χ1) is 14.9. The van der Waals surface area contributed by atoms with E-state index in [1.165, 1.54) is 31.4 Å². The van der Waals surface area contributed by atoms with Gasteiger partial charge in [0.1, 0.15) is 10.6 Å². The lowest BCUT2D eigenvalue weighted by atomic mass is 10.1. The van der Waals surface area contributed by atoms with Crippen LogP contribution in [-0.4, -0.2) is 40.1 Å². The van der Waals surface area contributed by atoms with Crippen LogP contribution in [0.5, 0.6) is 17.2 Å². The van der Waals surface area contributed by atoms with Crippen molar-refractivity contribution >= 4 is 21.7 Å². The maximum absolute atomic E-state index is 13.1. The lowest BCUT2D eigenvalue weighted by Crippen LogP contribution is -2.14. The molecule has 2 aromatic carbocycles. The number of anilines is 1. The Balaban J connectivity index is 1.66. The number of esters is 1. The van der Waals surface area contributed by atoms with Gasteiger partial charge in [0, 0.05) is 17.7 Å². The predicted molar refractivity (Wildman–Crippen MR) is 108 cm³/mol. The van der Waals surface area contributed by atoms with E-state index in [9.17, 15) is 13.2 Å². The minimum Gasteiger partial charge on any atom is -0.495 e. The SMILES string of the molecule is CCOC(=O)c1cc(-c2ccc(OC)c(S(=O)(=O)Nc3ccc4c(c3)OCO4)c2)on1. The van der Waals surface area contributed by atoms with Crippen molar-refractivity contribution in [1.29, 1.82) is 0 Å². The van der Waals surface area contributed by atoms with E-state index in [2.05, 4.69) is 9.88 Å².